The van der Waals surface area contributed by atoms with Crippen LogP contribution in [0.5, 0.6) is 0 Å². The highest BCUT2D eigenvalue weighted by molar-refractivity contribution is 7.99. The van der Waals surface area contributed by atoms with Gasteiger partial charge in [-0.25, -0.2) is 0 Å². The molecule has 0 saturated heterocycles. The van der Waals surface area contributed by atoms with Crippen LogP contribution in [0, 0.1) is 13.8 Å². The van der Waals surface area contributed by atoms with Gasteiger partial charge >= 0.3 is 0 Å². The van der Waals surface area contributed by atoms with Gasteiger partial charge in [0, 0.05) is 18.3 Å². The molecule has 0 unspecified atom stereocenters. The topological polar surface area (TPSA) is 49.4 Å². The van der Waals surface area contributed by atoms with Gasteiger partial charge in [-0.2, -0.15) is 0 Å². The van der Waals surface area contributed by atoms with Crippen molar-refractivity contribution in [2.75, 3.05) is 5.75 Å². The largest absolute Gasteiger partial charge is 0.352 e. The van der Waals surface area contributed by atoms with Crippen molar-refractivity contribution in [3.8, 4) is 0 Å². The van der Waals surface area contributed by atoms with Gasteiger partial charge < -0.3 is 10.2 Å². The third-order valence-electron chi connectivity index (χ3n) is 6.55. The Hall–Kier alpha value is -2.27. The van der Waals surface area contributed by atoms with Crippen molar-refractivity contribution in [3.05, 3.63) is 70.8 Å². The molecule has 1 N–H and O–H groups in total. The average molecular weight is 467 g/mol. The molecule has 0 bridgehead atoms. The lowest BCUT2D eigenvalue weighted by Gasteiger charge is -2.33. The zero-order chi connectivity index (χ0) is 23.6. The van der Waals surface area contributed by atoms with Crippen molar-refractivity contribution < 1.29 is 9.59 Å². The fraction of sp³-hybridized carbons (Fsp3) is 0.500. The van der Waals surface area contributed by atoms with Crippen molar-refractivity contribution in [1.29, 1.82) is 0 Å². The number of aryl methyl sites for hydroxylation is 2. The van der Waals surface area contributed by atoms with E-state index in [2.05, 4.69) is 55.6 Å². The summed E-state index contributed by atoms with van der Waals surface area (Å²) in [5, 5.41) is 3.25. The number of amides is 2. The van der Waals surface area contributed by atoms with E-state index >= 15 is 0 Å². The maximum absolute atomic E-state index is 13.4. The first-order chi connectivity index (χ1) is 16.0. The molecule has 1 fully saturated rings. The minimum absolute atomic E-state index is 0.00475. The monoisotopic (exact) mass is 466 g/mol. The van der Waals surface area contributed by atoms with Gasteiger partial charge in [0.15, 0.2) is 0 Å². The Bertz CT molecular complexity index is 906. The molecule has 1 aliphatic rings. The van der Waals surface area contributed by atoms with Gasteiger partial charge in [-0.05, 0) is 49.8 Å². The van der Waals surface area contributed by atoms with Crippen LogP contribution >= 0.6 is 11.8 Å². The second kappa shape index (κ2) is 12.8. The highest BCUT2D eigenvalue weighted by Crippen LogP contribution is 2.21. The van der Waals surface area contributed by atoms with Crippen LogP contribution < -0.4 is 5.32 Å². The summed E-state index contributed by atoms with van der Waals surface area (Å²) in [4.78, 5) is 28.5. The maximum Gasteiger partial charge on any atom is 0.243 e. The Morgan fingerprint density at radius 3 is 2.39 bits per heavy atom. The summed E-state index contributed by atoms with van der Waals surface area (Å²) in [6, 6.07) is 16.4. The molecular weight excluding hydrogens is 428 g/mol. The molecule has 3 rings (SSSR count). The van der Waals surface area contributed by atoms with E-state index in [9.17, 15) is 9.59 Å². The number of carbonyl (C=O) groups is 2. The standard InChI is InChI=1S/C28H38N2O2S/c1-4-26(28(32)29-25-12-6-5-7-13-25)30(18-24-11-9-8-10-22(24)3)27(31)20-33-19-23-16-14-21(2)15-17-23/h8-11,14-17,25-26H,4-7,12-13,18-20H2,1-3H3,(H,29,32)/t26-/m1/s1. The van der Waals surface area contributed by atoms with Crippen molar-refractivity contribution in [2.24, 2.45) is 0 Å². The second-order valence-electron chi connectivity index (χ2n) is 9.19. The van der Waals surface area contributed by atoms with Gasteiger partial charge in [-0.1, -0.05) is 80.3 Å². The number of hydrogen-bond donors (Lipinski definition) is 1. The number of nitrogens with one attached hydrogen (secondary N) is 1. The lowest BCUT2D eigenvalue weighted by molar-refractivity contribution is -0.139. The molecule has 0 aliphatic heterocycles. The summed E-state index contributed by atoms with van der Waals surface area (Å²) in [5.74, 6) is 1.18. The smallest absolute Gasteiger partial charge is 0.243 e. The first-order valence-electron chi connectivity index (χ1n) is 12.3. The first kappa shape index (κ1) is 25.4. The molecule has 2 aromatic rings. The molecule has 2 aromatic carbocycles. The van der Waals surface area contributed by atoms with E-state index < -0.39 is 6.04 Å². The normalized spacial score (nSPS) is 15.1. The lowest BCUT2D eigenvalue weighted by Crippen LogP contribution is -2.52. The molecule has 0 aromatic heterocycles. The Labute approximate surface area is 203 Å². The molecule has 0 heterocycles. The van der Waals surface area contributed by atoms with E-state index in [0.29, 0.717) is 18.7 Å². The van der Waals surface area contributed by atoms with Crippen LogP contribution in [-0.4, -0.2) is 34.6 Å². The second-order valence-corrected chi connectivity index (χ2v) is 10.2. The molecule has 0 radical (unpaired) electrons. The zero-order valence-corrected chi connectivity index (χ0v) is 21.1. The SMILES string of the molecule is CC[C@H](C(=O)NC1CCCCC1)N(Cc1ccccc1C)C(=O)CSCc1ccc(C)cc1. The van der Waals surface area contributed by atoms with Crippen LogP contribution in [0.3, 0.4) is 0 Å². The molecule has 2 amide bonds. The fourth-order valence-electron chi connectivity index (χ4n) is 4.46. The number of thioether (sulfide) groups is 1. The molecule has 33 heavy (non-hydrogen) atoms. The van der Waals surface area contributed by atoms with Gasteiger partial charge in [0.2, 0.25) is 11.8 Å². The van der Waals surface area contributed by atoms with Crippen LogP contribution in [-0.2, 0) is 21.9 Å². The number of rotatable bonds is 10. The van der Waals surface area contributed by atoms with Crippen LogP contribution in [0.15, 0.2) is 48.5 Å². The minimum atomic E-state index is -0.445. The first-order valence-corrected chi connectivity index (χ1v) is 13.4. The van der Waals surface area contributed by atoms with E-state index in [-0.39, 0.29) is 17.9 Å². The predicted molar refractivity (Wildman–Crippen MR) is 138 cm³/mol. The highest BCUT2D eigenvalue weighted by Gasteiger charge is 2.30. The Morgan fingerprint density at radius 1 is 1.03 bits per heavy atom. The van der Waals surface area contributed by atoms with Gasteiger partial charge in [0.05, 0.1) is 5.75 Å². The number of carbonyl (C=O) groups excluding carboxylic acids is 2. The van der Waals surface area contributed by atoms with Crippen LogP contribution in [0.2, 0.25) is 0 Å². The van der Waals surface area contributed by atoms with Crippen molar-refractivity contribution in [3.63, 3.8) is 0 Å². The third kappa shape index (κ3) is 7.63. The van der Waals surface area contributed by atoms with E-state index in [1.807, 2.05) is 24.0 Å². The minimum Gasteiger partial charge on any atom is -0.352 e. The van der Waals surface area contributed by atoms with Gasteiger partial charge in [0.25, 0.3) is 0 Å². The average Bonchev–Trinajstić information content (AvgIpc) is 2.82. The van der Waals surface area contributed by atoms with Crippen molar-refractivity contribution in [2.45, 2.75) is 83.7 Å². The molecule has 1 aliphatic carbocycles. The lowest BCUT2D eigenvalue weighted by atomic mass is 9.95. The number of hydrogen-bond acceptors (Lipinski definition) is 3. The van der Waals surface area contributed by atoms with E-state index in [0.717, 1.165) is 29.7 Å². The van der Waals surface area contributed by atoms with Crippen LogP contribution in [0.1, 0.15) is 67.7 Å². The summed E-state index contributed by atoms with van der Waals surface area (Å²) in [6.45, 7) is 6.61. The fourth-order valence-corrected chi connectivity index (χ4v) is 5.33. The van der Waals surface area contributed by atoms with E-state index in [1.54, 1.807) is 11.8 Å². The summed E-state index contributed by atoms with van der Waals surface area (Å²) < 4.78 is 0. The van der Waals surface area contributed by atoms with Crippen LogP contribution in [0.4, 0.5) is 0 Å². The molecule has 5 heteroatoms. The molecule has 1 atom stereocenters. The Balaban J connectivity index is 1.70. The summed E-state index contributed by atoms with van der Waals surface area (Å²) in [7, 11) is 0. The Kier molecular flexibility index (Phi) is 9.86. The van der Waals surface area contributed by atoms with Crippen LogP contribution in [0.25, 0.3) is 0 Å². The zero-order valence-electron chi connectivity index (χ0n) is 20.3. The number of nitrogens with zero attached hydrogens (tertiary/aromatic N) is 1. The molecule has 0 spiro atoms. The number of benzene rings is 2. The molecule has 1 saturated carbocycles. The van der Waals surface area contributed by atoms with Gasteiger partial charge in [0.1, 0.15) is 6.04 Å². The summed E-state index contributed by atoms with van der Waals surface area (Å²) in [6.07, 6.45) is 6.28. The maximum atomic E-state index is 13.4. The summed E-state index contributed by atoms with van der Waals surface area (Å²) >= 11 is 1.62. The van der Waals surface area contributed by atoms with E-state index in [1.165, 1.54) is 30.4 Å². The van der Waals surface area contributed by atoms with Crippen molar-refractivity contribution in [1.82, 2.24) is 10.2 Å². The predicted octanol–water partition coefficient (Wildman–Crippen LogP) is 5.79. The Morgan fingerprint density at radius 2 is 1.73 bits per heavy atom. The van der Waals surface area contributed by atoms with Gasteiger partial charge in [-0.15, -0.1) is 11.8 Å². The molecule has 178 valence electrons. The van der Waals surface area contributed by atoms with Crippen molar-refractivity contribution >= 4 is 23.6 Å². The van der Waals surface area contributed by atoms with E-state index in [4.69, 9.17) is 0 Å². The molecular formula is C28H38N2O2S. The molecule has 4 nitrogen and oxygen atoms in total. The third-order valence-corrected chi connectivity index (χ3v) is 7.54. The summed E-state index contributed by atoms with van der Waals surface area (Å²) in [5.41, 5.74) is 4.69. The quantitative estimate of drug-likeness (QED) is 0.482. The van der Waals surface area contributed by atoms with Gasteiger partial charge in [-0.3, -0.25) is 9.59 Å². The highest BCUT2D eigenvalue weighted by atomic mass is 32.2.